The zero-order valence-electron chi connectivity index (χ0n) is 5.25. The minimum absolute atomic E-state index is 0.0938. The SMILES string of the molecule is N[C@H]1CC[C@@H]2CO[C@@H]1O2. The van der Waals surface area contributed by atoms with Crippen LogP contribution in [0.1, 0.15) is 12.8 Å². The molecule has 3 atom stereocenters. The van der Waals surface area contributed by atoms with Gasteiger partial charge < -0.3 is 15.2 Å². The summed E-state index contributed by atoms with van der Waals surface area (Å²) in [5, 5.41) is 0. The Labute approximate surface area is 54.1 Å². The smallest absolute Gasteiger partial charge is 0.173 e. The van der Waals surface area contributed by atoms with E-state index >= 15 is 0 Å². The van der Waals surface area contributed by atoms with Gasteiger partial charge in [0, 0.05) is 0 Å². The first kappa shape index (κ1) is 5.65. The molecule has 0 aliphatic carbocycles. The fraction of sp³-hybridized carbons (Fsp3) is 1.00. The third-order valence-corrected chi connectivity index (χ3v) is 1.94. The topological polar surface area (TPSA) is 44.5 Å². The van der Waals surface area contributed by atoms with Crippen molar-refractivity contribution < 1.29 is 9.47 Å². The van der Waals surface area contributed by atoms with E-state index in [2.05, 4.69) is 0 Å². The van der Waals surface area contributed by atoms with Crippen LogP contribution in [0.25, 0.3) is 0 Å². The van der Waals surface area contributed by atoms with Crippen LogP contribution in [0.5, 0.6) is 0 Å². The van der Waals surface area contributed by atoms with Gasteiger partial charge in [0.1, 0.15) is 0 Å². The second kappa shape index (κ2) is 1.94. The van der Waals surface area contributed by atoms with Crippen LogP contribution in [0.4, 0.5) is 0 Å². The summed E-state index contributed by atoms with van der Waals surface area (Å²) in [5.74, 6) is 0. The summed E-state index contributed by atoms with van der Waals surface area (Å²) >= 11 is 0. The molecule has 2 aliphatic heterocycles. The van der Waals surface area contributed by atoms with Crippen LogP contribution in [0, 0.1) is 0 Å². The second-order valence-electron chi connectivity index (χ2n) is 2.70. The van der Waals surface area contributed by atoms with E-state index in [1.54, 1.807) is 0 Å². The molecule has 0 spiro atoms. The maximum atomic E-state index is 5.67. The Morgan fingerprint density at radius 1 is 1.33 bits per heavy atom. The van der Waals surface area contributed by atoms with Gasteiger partial charge in [0.2, 0.25) is 0 Å². The number of fused-ring (bicyclic) bond motifs is 2. The van der Waals surface area contributed by atoms with E-state index in [0.29, 0.717) is 6.10 Å². The van der Waals surface area contributed by atoms with E-state index in [1.165, 1.54) is 0 Å². The van der Waals surface area contributed by atoms with E-state index in [0.717, 1.165) is 19.4 Å². The highest BCUT2D eigenvalue weighted by molar-refractivity contribution is 4.80. The fourth-order valence-electron chi connectivity index (χ4n) is 1.36. The molecule has 3 nitrogen and oxygen atoms in total. The average molecular weight is 129 g/mol. The van der Waals surface area contributed by atoms with Crippen LogP contribution in [0.15, 0.2) is 0 Å². The molecule has 2 fully saturated rings. The first-order valence-corrected chi connectivity index (χ1v) is 3.39. The molecule has 2 N–H and O–H groups in total. The van der Waals surface area contributed by atoms with Crippen LogP contribution >= 0.6 is 0 Å². The highest BCUT2D eigenvalue weighted by Gasteiger charge is 2.35. The van der Waals surface area contributed by atoms with Crippen LogP contribution in [-0.4, -0.2) is 25.0 Å². The first-order chi connectivity index (χ1) is 4.36. The van der Waals surface area contributed by atoms with E-state index in [9.17, 15) is 0 Å². The molecule has 0 unspecified atom stereocenters. The van der Waals surface area contributed by atoms with E-state index in [4.69, 9.17) is 15.2 Å². The molecular formula is C6H11NO2. The van der Waals surface area contributed by atoms with Gasteiger partial charge in [-0.2, -0.15) is 0 Å². The molecule has 3 heteroatoms. The van der Waals surface area contributed by atoms with Gasteiger partial charge in [-0.3, -0.25) is 0 Å². The number of nitrogens with two attached hydrogens (primary N) is 1. The summed E-state index contributed by atoms with van der Waals surface area (Å²) in [7, 11) is 0. The lowest BCUT2D eigenvalue weighted by molar-refractivity contribution is -0.0942. The predicted octanol–water partition coefficient (Wildman–Crippen LogP) is -0.151. The van der Waals surface area contributed by atoms with Gasteiger partial charge in [-0.05, 0) is 12.8 Å². The number of hydrogen-bond donors (Lipinski definition) is 1. The van der Waals surface area contributed by atoms with E-state index in [1.807, 2.05) is 0 Å². The van der Waals surface area contributed by atoms with Crippen molar-refractivity contribution in [3.05, 3.63) is 0 Å². The lowest BCUT2D eigenvalue weighted by Gasteiger charge is -2.23. The summed E-state index contributed by atoms with van der Waals surface area (Å²) in [5.41, 5.74) is 5.67. The zero-order chi connectivity index (χ0) is 6.27. The molecule has 9 heavy (non-hydrogen) atoms. The molecule has 2 bridgehead atoms. The Kier molecular flexibility index (Phi) is 1.22. The van der Waals surface area contributed by atoms with Gasteiger partial charge in [-0.15, -0.1) is 0 Å². The third kappa shape index (κ3) is 0.852. The lowest BCUT2D eigenvalue weighted by Crippen LogP contribution is -2.39. The van der Waals surface area contributed by atoms with Gasteiger partial charge >= 0.3 is 0 Å². The Bertz CT molecular complexity index is 118. The summed E-state index contributed by atoms with van der Waals surface area (Å²) < 4.78 is 10.6. The van der Waals surface area contributed by atoms with Crippen molar-refractivity contribution in [1.29, 1.82) is 0 Å². The molecule has 0 aromatic carbocycles. The van der Waals surface area contributed by atoms with E-state index < -0.39 is 0 Å². The normalized spacial score (nSPS) is 49.7. The molecule has 0 aromatic rings. The lowest BCUT2D eigenvalue weighted by atomic mass is 10.1. The van der Waals surface area contributed by atoms with Gasteiger partial charge in [0.15, 0.2) is 6.29 Å². The van der Waals surface area contributed by atoms with Crippen LogP contribution in [0.3, 0.4) is 0 Å². The van der Waals surface area contributed by atoms with Crippen LogP contribution < -0.4 is 5.73 Å². The molecule has 2 heterocycles. The average Bonchev–Trinajstić information content (AvgIpc) is 2.25. The largest absolute Gasteiger partial charge is 0.348 e. The molecule has 0 radical (unpaired) electrons. The minimum Gasteiger partial charge on any atom is -0.348 e. The molecule has 0 aromatic heterocycles. The Morgan fingerprint density at radius 2 is 2.22 bits per heavy atom. The fourth-order valence-corrected chi connectivity index (χ4v) is 1.36. The van der Waals surface area contributed by atoms with Crippen LogP contribution in [0.2, 0.25) is 0 Å². The minimum atomic E-state index is -0.0938. The van der Waals surface area contributed by atoms with Gasteiger partial charge in [0.05, 0.1) is 18.8 Å². The Morgan fingerprint density at radius 3 is 3.00 bits per heavy atom. The van der Waals surface area contributed by atoms with Crippen molar-refractivity contribution in [1.82, 2.24) is 0 Å². The predicted molar refractivity (Wildman–Crippen MR) is 31.8 cm³/mol. The number of hydrogen-bond acceptors (Lipinski definition) is 3. The Hall–Kier alpha value is -0.120. The van der Waals surface area contributed by atoms with Crippen molar-refractivity contribution in [2.45, 2.75) is 31.3 Å². The standard InChI is InChI=1S/C6H11NO2/c7-5-2-1-4-3-8-6(5)9-4/h4-6H,1-3,7H2/t4-,5+,6-/m1/s1. The summed E-state index contributed by atoms with van der Waals surface area (Å²) in [6.07, 6.45) is 2.37. The summed E-state index contributed by atoms with van der Waals surface area (Å²) in [6.45, 7) is 0.748. The van der Waals surface area contributed by atoms with Gasteiger partial charge in [-0.25, -0.2) is 0 Å². The molecule has 2 aliphatic rings. The second-order valence-corrected chi connectivity index (χ2v) is 2.70. The Balaban J connectivity index is 2.05. The molecule has 2 rings (SSSR count). The summed E-state index contributed by atoms with van der Waals surface area (Å²) in [4.78, 5) is 0. The van der Waals surface area contributed by atoms with Crippen molar-refractivity contribution in [3.63, 3.8) is 0 Å². The highest BCUT2D eigenvalue weighted by atomic mass is 16.7. The van der Waals surface area contributed by atoms with Gasteiger partial charge in [0.25, 0.3) is 0 Å². The third-order valence-electron chi connectivity index (χ3n) is 1.94. The maximum absolute atomic E-state index is 5.67. The van der Waals surface area contributed by atoms with Gasteiger partial charge in [-0.1, -0.05) is 0 Å². The monoisotopic (exact) mass is 129 g/mol. The van der Waals surface area contributed by atoms with Crippen molar-refractivity contribution in [3.8, 4) is 0 Å². The highest BCUT2D eigenvalue weighted by Crippen LogP contribution is 2.25. The number of rotatable bonds is 0. The number of ether oxygens (including phenoxy) is 2. The molecule has 0 amide bonds. The quantitative estimate of drug-likeness (QED) is 0.494. The molecular weight excluding hydrogens is 118 g/mol. The zero-order valence-corrected chi connectivity index (χ0v) is 5.25. The summed E-state index contributed by atoms with van der Waals surface area (Å²) in [6, 6.07) is 0.115. The van der Waals surface area contributed by atoms with Crippen molar-refractivity contribution >= 4 is 0 Å². The maximum Gasteiger partial charge on any atom is 0.173 e. The first-order valence-electron chi connectivity index (χ1n) is 3.39. The van der Waals surface area contributed by atoms with Crippen molar-refractivity contribution in [2.24, 2.45) is 5.73 Å². The molecule has 0 saturated carbocycles. The van der Waals surface area contributed by atoms with Crippen molar-refractivity contribution in [2.75, 3.05) is 6.61 Å². The molecule has 52 valence electrons. The molecule has 2 saturated heterocycles. The van der Waals surface area contributed by atoms with Crippen LogP contribution in [-0.2, 0) is 9.47 Å². The van der Waals surface area contributed by atoms with E-state index in [-0.39, 0.29) is 12.3 Å².